The highest BCUT2D eigenvalue weighted by atomic mass is 32.2. The zero-order valence-electron chi connectivity index (χ0n) is 15.8. The molecule has 0 aromatic heterocycles. The number of nitrogens with zero attached hydrogens (tertiary/aromatic N) is 1. The van der Waals surface area contributed by atoms with Gasteiger partial charge in [-0.2, -0.15) is 0 Å². The third-order valence-electron chi connectivity index (χ3n) is 4.02. The molecule has 7 heteroatoms. The number of carbonyl (C=O) groups is 2. The number of hydrogen-bond donors (Lipinski definition) is 1. The molecule has 0 heterocycles. The van der Waals surface area contributed by atoms with Gasteiger partial charge in [0.05, 0.1) is 19.8 Å². The highest BCUT2D eigenvalue weighted by Gasteiger charge is 2.21. The number of aliphatic carboxylic acids is 1. The van der Waals surface area contributed by atoms with Crippen LogP contribution in [-0.4, -0.2) is 48.4 Å². The Labute approximate surface area is 163 Å². The van der Waals surface area contributed by atoms with Crippen LogP contribution in [0.15, 0.2) is 47.4 Å². The van der Waals surface area contributed by atoms with Crippen LogP contribution >= 0.6 is 11.8 Å². The molecule has 2 aromatic carbocycles. The van der Waals surface area contributed by atoms with Gasteiger partial charge in [0.15, 0.2) is 0 Å². The van der Waals surface area contributed by atoms with Crippen LogP contribution in [0.2, 0.25) is 0 Å². The van der Waals surface area contributed by atoms with Gasteiger partial charge in [0.25, 0.3) is 5.91 Å². The zero-order valence-corrected chi connectivity index (χ0v) is 16.6. The first-order valence-corrected chi connectivity index (χ1v) is 9.20. The highest BCUT2D eigenvalue weighted by Crippen LogP contribution is 2.29. The predicted octanol–water partition coefficient (Wildman–Crippen LogP) is 3.54. The monoisotopic (exact) mass is 389 g/mol. The van der Waals surface area contributed by atoms with Crippen LogP contribution in [0.25, 0.3) is 0 Å². The highest BCUT2D eigenvalue weighted by molar-refractivity contribution is 8.00. The number of methoxy groups -OCH3 is 2. The molecule has 0 bridgehead atoms. The van der Waals surface area contributed by atoms with Gasteiger partial charge in [-0.05, 0) is 31.2 Å². The van der Waals surface area contributed by atoms with Crippen molar-refractivity contribution in [3.63, 3.8) is 0 Å². The molecular formula is C20H23NO5S. The number of carboxylic acid groups (broad SMARTS) is 1. The first kappa shape index (κ1) is 20.6. The molecule has 0 spiro atoms. The number of carboxylic acids is 1. The van der Waals surface area contributed by atoms with E-state index in [-0.39, 0.29) is 5.91 Å². The molecule has 0 aliphatic rings. The average molecular weight is 389 g/mol. The van der Waals surface area contributed by atoms with Gasteiger partial charge in [-0.25, -0.2) is 0 Å². The van der Waals surface area contributed by atoms with E-state index < -0.39 is 11.2 Å². The summed E-state index contributed by atoms with van der Waals surface area (Å²) in [5, 5.41) is 8.49. The summed E-state index contributed by atoms with van der Waals surface area (Å²) in [7, 11) is 4.85. The fourth-order valence-electron chi connectivity index (χ4n) is 2.50. The molecule has 2 rings (SSSR count). The molecule has 0 aliphatic carbocycles. The average Bonchev–Trinajstić information content (AvgIpc) is 2.67. The lowest BCUT2D eigenvalue weighted by molar-refractivity contribution is -0.136. The molecular weight excluding hydrogens is 366 g/mol. The summed E-state index contributed by atoms with van der Waals surface area (Å²) in [6.07, 6.45) is 0. The van der Waals surface area contributed by atoms with Gasteiger partial charge in [0.2, 0.25) is 0 Å². The van der Waals surface area contributed by atoms with Crippen molar-refractivity contribution in [1.29, 1.82) is 0 Å². The number of benzene rings is 2. The fraction of sp³-hybridized carbons (Fsp3) is 0.300. The van der Waals surface area contributed by atoms with E-state index in [2.05, 4.69) is 0 Å². The molecule has 27 heavy (non-hydrogen) atoms. The number of carbonyl (C=O) groups excluding carboxylic acids is 1. The summed E-state index contributed by atoms with van der Waals surface area (Å²) in [6, 6.07) is 12.5. The van der Waals surface area contributed by atoms with Crippen molar-refractivity contribution < 1.29 is 24.2 Å². The van der Waals surface area contributed by atoms with E-state index in [1.807, 2.05) is 12.1 Å². The lowest BCUT2D eigenvalue weighted by atomic mass is 10.1. The summed E-state index contributed by atoms with van der Waals surface area (Å²) in [4.78, 5) is 26.3. The summed E-state index contributed by atoms with van der Waals surface area (Å²) < 4.78 is 10.6. The maximum Gasteiger partial charge on any atom is 0.316 e. The Hall–Kier alpha value is -2.67. The number of rotatable bonds is 8. The SMILES string of the molecule is COc1ccc(CN(C)C(=O)c2ccccc2SC(C)C(=O)O)c(OC)c1. The van der Waals surface area contributed by atoms with Crippen molar-refractivity contribution in [2.24, 2.45) is 0 Å². The Kier molecular flexibility index (Phi) is 7.12. The third-order valence-corrected chi connectivity index (χ3v) is 5.18. The van der Waals surface area contributed by atoms with Crippen molar-refractivity contribution >= 4 is 23.6 Å². The summed E-state index contributed by atoms with van der Waals surface area (Å²) >= 11 is 1.15. The standard InChI is InChI=1S/C20H23NO5S/c1-13(20(23)24)27-18-8-6-5-7-16(18)19(22)21(2)12-14-9-10-15(25-3)11-17(14)26-4/h5-11,13H,12H2,1-4H3,(H,23,24). The summed E-state index contributed by atoms with van der Waals surface area (Å²) in [6.45, 7) is 1.94. The predicted molar refractivity (Wildman–Crippen MR) is 105 cm³/mol. The largest absolute Gasteiger partial charge is 0.497 e. The lowest BCUT2D eigenvalue weighted by Crippen LogP contribution is -2.27. The molecule has 0 saturated heterocycles. The Bertz CT molecular complexity index is 824. The van der Waals surface area contributed by atoms with Crippen LogP contribution in [0, 0.1) is 0 Å². The van der Waals surface area contributed by atoms with Crippen LogP contribution < -0.4 is 9.47 Å². The Balaban J connectivity index is 2.22. The lowest BCUT2D eigenvalue weighted by Gasteiger charge is -2.21. The first-order chi connectivity index (χ1) is 12.9. The van der Waals surface area contributed by atoms with Gasteiger partial charge >= 0.3 is 5.97 Å². The van der Waals surface area contributed by atoms with Gasteiger partial charge in [-0.1, -0.05) is 12.1 Å². The van der Waals surface area contributed by atoms with E-state index in [1.54, 1.807) is 63.4 Å². The van der Waals surface area contributed by atoms with Crippen molar-refractivity contribution in [2.75, 3.05) is 21.3 Å². The van der Waals surface area contributed by atoms with E-state index >= 15 is 0 Å². The van der Waals surface area contributed by atoms with Gasteiger partial charge in [-0.3, -0.25) is 9.59 Å². The molecule has 0 fully saturated rings. The molecule has 0 aliphatic heterocycles. The second-order valence-corrected chi connectivity index (χ2v) is 7.32. The van der Waals surface area contributed by atoms with Crippen LogP contribution in [0.3, 0.4) is 0 Å². The Morgan fingerprint density at radius 2 is 1.85 bits per heavy atom. The molecule has 1 unspecified atom stereocenters. The fourth-order valence-corrected chi connectivity index (χ4v) is 3.42. The van der Waals surface area contributed by atoms with Gasteiger partial charge < -0.3 is 19.5 Å². The van der Waals surface area contributed by atoms with Crippen LogP contribution in [0.5, 0.6) is 11.5 Å². The number of ether oxygens (including phenoxy) is 2. The molecule has 0 radical (unpaired) electrons. The number of hydrogen-bond acceptors (Lipinski definition) is 5. The zero-order chi connectivity index (χ0) is 20.0. The molecule has 6 nitrogen and oxygen atoms in total. The van der Waals surface area contributed by atoms with Crippen molar-refractivity contribution in [3.8, 4) is 11.5 Å². The van der Waals surface area contributed by atoms with E-state index in [4.69, 9.17) is 14.6 Å². The first-order valence-electron chi connectivity index (χ1n) is 8.32. The Morgan fingerprint density at radius 1 is 1.15 bits per heavy atom. The molecule has 144 valence electrons. The second kappa shape index (κ2) is 9.32. The third kappa shape index (κ3) is 5.17. The van der Waals surface area contributed by atoms with Crippen molar-refractivity contribution in [2.45, 2.75) is 23.6 Å². The van der Waals surface area contributed by atoms with E-state index in [0.29, 0.717) is 28.5 Å². The minimum atomic E-state index is -0.918. The molecule has 1 atom stereocenters. The molecule has 1 N–H and O–H groups in total. The topological polar surface area (TPSA) is 76.1 Å². The van der Waals surface area contributed by atoms with Crippen LogP contribution in [-0.2, 0) is 11.3 Å². The van der Waals surface area contributed by atoms with Crippen molar-refractivity contribution in [3.05, 3.63) is 53.6 Å². The normalized spacial score (nSPS) is 11.6. The summed E-state index contributed by atoms with van der Waals surface area (Å²) in [5.74, 6) is 0.206. The van der Waals surface area contributed by atoms with Gasteiger partial charge in [-0.15, -0.1) is 11.8 Å². The van der Waals surface area contributed by atoms with Crippen LogP contribution in [0.4, 0.5) is 0 Å². The maximum absolute atomic E-state index is 12.9. The Morgan fingerprint density at radius 3 is 2.48 bits per heavy atom. The summed E-state index contributed by atoms with van der Waals surface area (Å²) in [5.41, 5.74) is 1.32. The second-order valence-electron chi connectivity index (χ2n) is 5.93. The number of amides is 1. The minimum Gasteiger partial charge on any atom is -0.497 e. The molecule has 0 saturated carbocycles. The minimum absolute atomic E-state index is 0.187. The van der Waals surface area contributed by atoms with E-state index in [1.165, 1.54) is 0 Å². The van der Waals surface area contributed by atoms with E-state index in [9.17, 15) is 9.59 Å². The maximum atomic E-state index is 12.9. The molecule has 2 aromatic rings. The number of thioether (sulfide) groups is 1. The van der Waals surface area contributed by atoms with Gasteiger partial charge in [0, 0.05) is 30.1 Å². The quantitative estimate of drug-likeness (QED) is 0.696. The van der Waals surface area contributed by atoms with Crippen molar-refractivity contribution in [1.82, 2.24) is 4.90 Å². The van der Waals surface area contributed by atoms with Gasteiger partial charge in [0.1, 0.15) is 16.7 Å². The smallest absolute Gasteiger partial charge is 0.316 e. The molecule has 1 amide bonds. The van der Waals surface area contributed by atoms with Crippen LogP contribution in [0.1, 0.15) is 22.8 Å². The van der Waals surface area contributed by atoms with E-state index in [0.717, 1.165) is 17.3 Å².